The van der Waals surface area contributed by atoms with Gasteiger partial charge in [0.25, 0.3) is 0 Å². The van der Waals surface area contributed by atoms with Crippen molar-refractivity contribution in [3.05, 3.63) is 59.6 Å². The first-order valence-corrected chi connectivity index (χ1v) is 7.41. The van der Waals surface area contributed by atoms with Crippen LogP contribution in [0.5, 0.6) is 0 Å². The first-order valence-electron chi connectivity index (χ1n) is 6.62. The highest BCUT2D eigenvalue weighted by molar-refractivity contribution is 9.10. The average Bonchev–Trinajstić information content (AvgIpc) is 3.10. The number of nitrogens with two attached hydrogens (primary N) is 1. The van der Waals surface area contributed by atoms with Gasteiger partial charge in [-0.3, -0.25) is 4.98 Å². The zero-order chi connectivity index (χ0) is 15.1. The van der Waals surface area contributed by atoms with Crippen LogP contribution in [0.15, 0.2) is 59.6 Å². The van der Waals surface area contributed by atoms with Gasteiger partial charge in [0.15, 0.2) is 0 Å². The number of nitrogen functional groups attached to an aromatic ring is 1. The van der Waals surface area contributed by atoms with Crippen molar-refractivity contribution in [3.63, 3.8) is 0 Å². The Balaban J connectivity index is 1.83. The molecule has 0 saturated heterocycles. The van der Waals surface area contributed by atoms with E-state index in [-0.39, 0.29) is 0 Å². The van der Waals surface area contributed by atoms with Gasteiger partial charge in [0.05, 0.1) is 16.9 Å². The minimum absolute atomic E-state index is 0.472. The zero-order valence-electron chi connectivity index (χ0n) is 11.4. The molecule has 2 N–H and O–H groups in total. The Morgan fingerprint density at radius 2 is 1.77 bits per heavy atom. The molecule has 6 nitrogen and oxygen atoms in total. The van der Waals surface area contributed by atoms with Gasteiger partial charge in [-0.2, -0.15) is 5.10 Å². The van der Waals surface area contributed by atoms with E-state index >= 15 is 0 Å². The fraction of sp³-hybridized carbons (Fsp3) is 0. The highest BCUT2D eigenvalue weighted by Gasteiger charge is 2.08. The third-order valence-electron chi connectivity index (χ3n) is 3.34. The molecular formula is C15H11BrN6. The minimum Gasteiger partial charge on any atom is -0.382 e. The van der Waals surface area contributed by atoms with Crippen LogP contribution in [0.3, 0.4) is 0 Å². The van der Waals surface area contributed by atoms with Gasteiger partial charge >= 0.3 is 0 Å². The van der Waals surface area contributed by atoms with Crippen LogP contribution >= 0.6 is 15.9 Å². The summed E-state index contributed by atoms with van der Waals surface area (Å²) in [5.74, 6) is 0.472. The lowest BCUT2D eigenvalue weighted by Crippen LogP contribution is -1.97. The molecule has 1 aromatic carbocycles. The van der Waals surface area contributed by atoms with Gasteiger partial charge in [-0.25, -0.2) is 9.36 Å². The van der Waals surface area contributed by atoms with Crippen LogP contribution in [0.1, 0.15) is 0 Å². The lowest BCUT2D eigenvalue weighted by atomic mass is 10.2. The summed E-state index contributed by atoms with van der Waals surface area (Å²) in [5.41, 5.74) is 8.53. The Labute approximate surface area is 134 Å². The number of hydrogen-bond acceptors (Lipinski definition) is 4. The van der Waals surface area contributed by atoms with E-state index in [2.05, 4.69) is 31.1 Å². The van der Waals surface area contributed by atoms with Crippen molar-refractivity contribution < 1.29 is 0 Å². The fourth-order valence-corrected chi connectivity index (χ4v) is 2.85. The van der Waals surface area contributed by atoms with E-state index in [0.717, 1.165) is 26.9 Å². The summed E-state index contributed by atoms with van der Waals surface area (Å²) in [7, 11) is 0. The van der Waals surface area contributed by atoms with E-state index in [4.69, 9.17) is 5.73 Å². The number of rotatable bonds is 2. The predicted molar refractivity (Wildman–Crippen MR) is 88.1 cm³/mol. The Kier molecular flexibility index (Phi) is 2.93. The maximum Gasteiger partial charge on any atom is 0.147 e. The Morgan fingerprint density at radius 3 is 2.50 bits per heavy atom. The van der Waals surface area contributed by atoms with Gasteiger partial charge < -0.3 is 5.73 Å². The first kappa shape index (κ1) is 13.0. The summed E-state index contributed by atoms with van der Waals surface area (Å²) < 4.78 is 4.40. The highest BCUT2D eigenvalue weighted by atomic mass is 79.9. The number of benzene rings is 1. The molecule has 0 fully saturated rings. The quantitative estimate of drug-likeness (QED) is 0.600. The van der Waals surface area contributed by atoms with E-state index in [1.54, 1.807) is 23.1 Å². The van der Waals surface area contributed by atoms with Gasteiger partial charge in [0.1, 0.15) is 10.4 Å². The molecule has 0 spiro atoms. The molecule has 0 bridgehead atoms. The second kappa shape index (κ2) is 4.96. The summed E-state index contributed by atoms with van der Waals surface area (Å²) in [4.78, 5) is 4.02. The molecule has 4 aromatic rings. The molecule has 0 aliphatic carbocycles. The molecule has 0 atom stereocenters. The van der Waals surface area contributed by atoms with Gasteiger partial charge in [-0.05, 0) is 46.3 Å². The molecule has 0 amide bonds. The van der Waals surface area contributed by atoms with E-state index < -0.39 is 0 Å². The number of aromatic nitrogens is 5. The van der Waals surface area contributed by atoms with E-state index in [9.17, 15) is 0 Å². The molecule has 4 rings (SSSR count). The average molecular weight is 355 g/mol. The lowest BCUT2D eigenvalue weighted by molar-refractivity contribution is 0.867. The zero-order valence-corrected chi connectivity index (χ0v) is 13.0. The predicted octanol–water partition coefficient (Wildman–Crippen LogP) is 2.95. The molecule has 0 radical (unpaired) electrons. The van der Waals surface area contributed by atoms with Crippen LogP contribution in [-0.2, 0) is 0 Å². The monoisotopic (exact) mass is 354 g/mol. The smallest absolute Gasteiger partial charge is 0.147 e. The van der Waals surface area contributed by atoms with Crippen LogP contribution in [0.4, 0.5) is 5.82 Å². The summed E-state index contributed by atoms with van der Waals surface area (Å²) in [6, 6.07) is 11.5. The largest absolute Gasteiger partial charge is 0.382 e. The highest BCUT2D eigenvalue weighted by Crippen LogP contribution is 2.23. The normalized spacial score (nSPS) is 11.1. The van der Waals surface area contributed by atoms with Crippen molar-refractivity contribution in [3.8, 4) is 11.4 Å². The van der Waals surface area contributed by atoms with Gasteiger partial charge in [0.2, 0.25) is 0 Å². The van der Waals surface area contributed by atoms with E-state index in [1.165, 1.54) is 0 Å². The second-order valence-corrected chi connectivity index (χ2v) is 5.64. The third-order valence-corrected chi connectivity index (χ3v) is 3.91. The van der Waals surface area contributed by atoms with Crippen molar-refractivity contribution in [2.45, 2.75) is 0 Å². The van der Waals surface area contributed by atoms with Crippen LogP contribution in [0.25, 0.3) is 22.3 Å². The van der Waals surface area contributed by atoms with Gasteiger partial charge in [-0.15, -0.1) is 5.10 Å². The number of nitrogens with zero attached hydrogens (tertiary/aromatic N) is 5. The Bertz CT molecular complexity index is 957. The Hall–Kier alpha value is -2.67. The van der Waals surface area contributed by atoms with Gasteiger partial charge in [0, 0.05) is 30.0 Å². The second-order valence-electron chi connectivity index (χ2n) is 4.83. The summed E-state index contributed by atoms with van der Waals surface area (Å²) in [6.45, 7) is 0. The number of anilines is 1. The van der Waals surface area contributed by atoms with Crippen molar-refractivity contribution in [2.75, 3.05) is 5.73 Å². The number of halogens is 1. The Morgan fingerprint density at radius 1 is 0.955 bits per heavy atom. The van der Waals surface area contributed by atoms with Crippen LogP contribution in [-0.4, -0.2) is 24.5 Å². The standard InChI is InChI=1S/C15H11BrN6/c16-14-8-15(17)20-22(14)12-1-2-13-10(7-12)9-21(19-13)11-3-5-18-6-4-11/h1-9H,(H2,17,20). The van der Waals surface area contributed by atoms with Crippen molar-refractivity contribution in [1.82, 2.24) is 24.5 Å². The molecule has 108 valence electrons. The molecule has 0 saturated carbocycles. The van der Waals surface area contributed by atoms with Gasteiger partial charge in [-0.1, -0.05) is 0 Å². The van der Waals surface area contributed by atoms with Crippen LogP contribution in [0.2, 0.25) is 0 Å². The topological polar surface area (TPSA) is 74.6 Å². The molecule has 0 unspecified atom stereocenters. The lowest BCUT2D eigenvalue weighted by Gasteiger charge is -2.02. The molecule has 7 heteroatoms. The van der Waals surface area contributed by atoms with E-state index in [0.29, 0.717) is 5.82 Å². The number of pyridine rings is 1. The first-order chi connectivity index (χ1) is 10.7. The summed E-state index contributed by atoms with van der Waals surface area (Å²) in [6.07, 6.45) is 5.47. The molecule has 0 aliphatic rings. The summed E-state index contributed by atoms with van der Waals surface area (Å²) >= 11 is 3.45. The van der Waals surface area contributed by atoms with Crippen molar-refractivity contribution >= 4 is 32.7 Å². The molecule has 3 aromatic heterocycles. The minimum atomic E-state index is 0.472. The maximum atomic E-state index is 5.73. The van der Waals surface area contributed by atoms with Crippen LogP contribution in [0, 0.1) is 0 Å². The number of hydrogen-bond donors (Lipinski definition) is 1. The molecule has 3 heterocycles. The van der Waals surface area contributed by atoms with Crippen molar-refractivity contribution in [2.24, 2.45) is 0 Å². The number of fused-ring (bicyclic) bond motifs is 1. The maximum absolute atomic E-state index is 5.73. The third kappa shape index (κ3) is 2.15. The SMILES string of the molecule is Nc1cc(Br)n(-c2ccc3nn(-c4ccncc4)cc3c2)n1. The summed E-state index contributed by atoms with van der Waals surface area (Å²) in [5, 5.41) is 9.86. The van der Waals surface area contributed by atoms with E-state index in [1.807, 2.05) is 41.2 Å². The molecule has 22 heavy (non-hydrogen) atoms. The molecule has 0 aliphatic heterocycles. The van der Waals surface area contributed by atoms with Crippen LogP contribution < -0.4 is 5.73 Å². The van der Waals surface area contributed by atoms with Crippen molar-refractivity contribution in [1.29, 1.82) is 0 Å². The fourth-order valence-electron chi connectivity index (χ4n) is 2.33. The molecular weight excluding hydrogens is 344 g/mol.